The number of hydrogen-bond acceptors (Lipinski definition) is 6. The number of aromatic nitrogens is 4. The maximum absolute atomic E-state index is 5.88. The second-order valence-electron chi connectivity index (χ2n) is 3.98. The van der Waals surface area contributed by atoms with Crippen LogP contribution in [-0.4, -0.2) is 19.9 Å². The summed E-state index contributed by atoms with van der Waals surface area (Å²) in [6.07, 6.45) is 5.96. The van der Waals surface area contributed by atoms with E-state index in [1.165, 1.54) is 24.8 Å². The molecule has 0 saturated heterocycles. The molecule has 0 aliphatic rings. The highest BCUT2D eigenvalue weighted by atomic mass is 35.5. The van der Waals surface area contributed by atoms with Gasteiger partial charge in [-0.15, -0.1) is 0 Å². The monoisotopic (exact) mass is 334 g/mol. The Kier molecular flexibility index (Phi) is 4.32. The predicted octanol–water partition coefficient (Wildman–Crippen LogP) is 4.16. The third-order valence-corrected chi connectivity index (χ3v) is 3.02. The first kappa shape index (κ1) is 14.5. The molecular weight excluding hydrogens is 327 g/mol. The van der Waals surface area contributed by atoms with Gasteiger partial charge in [0.05, 0.1) is 0 Å². The molecule has 0 radical (unpaired) electrons. The van der Waals surface area contributed by atoms with Crippen molar-refractivity contribution in [3.8, 4) is 23.3 Å². The lowest BCUT2D eigenvalue weighted by molar-refractivity contribution is 0.448. The van der Waals surface area contributed by atoms with E-state index >= 15 is 0 Å². The quantitative estimate of drug-likeness (QED) is 0.713. The van der Waals surface area contributed by atoms with Crippen LogP contribution in [-0.2, 0) is 0 Å². The van der Waals surface area contributed by atoms with Crippen LogP contribution in [0.5, 0.6) is 23.3 Å². The molecule has 0 N–H and O–H groups in total. The van der Waals surface area contributed by atoms with E-state index in [0.29, 0.717) is 11.5 Å². The van der Waals surface area contributed by atoms with Crippen LogP contribution < -0.4 is 9.47 Å². The largest absolute Gasteiger partial charge is 0.436 e. The van der Waals surface area contributed by atoms with Crippen molar-refractivity contribution >= 4 is 23.2 Å². The highest BCUT2D eigenvalue weighted by Gasteiger charge is 2.07. The molecule has 0 aliphatic heterocycles. The molecular formula is C14H8Cl2N4O2. The maximum Gasteiger partial charge on any atom is 0.257 e. The van der Waals surface area contributed by atoms with E-state index in [0.717, 1.165) is 0 Å². The molecule has 3 rings (SSSR count). The molecule has 110 valence electrons. The van der Waals surface area contributed by atoms with E-state index in [1.54, 1.807) is 24.3 Å². The Hall–Kier alpha value is -2.44. The number of halogens is 2. The van der Waals surface area contributed by atoms with Gasteiger partial charge in [0.1, 0.15) is 11.5 Å². The first-order valence-corrected chi connectivity index (χ1v) is 6.87. The average molecular weight is 335 g/mol. The van der Waals surface area contributed by atoms with Crippen LogP contribution in [0, 0.1) is 0 Å². The summed E-state index contributed by atoms with van der Waals surface area (Å²) >= 11 is 11.8. The molecule has 0 aliphatic carbocycles. The van der Waals surface area contributed by atoms with Crippen molar-refractivity contribution in [3.05, 3.63) is 59.4 Å². The highest BCUT2D eigenvalue weighted by molar-refractivity contribution is 6.30. The van der Waals surface area contributed by atoms with E-state index in [9.17, 15) is 0 Å². The zero-order valence-electron chi connectivity index (χ0n) is 11.0. The topological polar surface area (TPSA) is 70.0 Å². The van der Waals surface area contributed by atoms with Crippen LogP contribution in [0.2, 0.25) is 10.3 Å². The van der Waals surface area contributed by atoms with Crippen LogP contribution in [0.4, 0.5) is 0 Å². The minimum Gasteiger partial charge on any atom is -0.436 e. The van der Waals surface area contributed by atoms with Gasteiger partial charge in [-0.1, -0.05) is 23.2 Å². The molecule has 22 heavy (non-hydrogen) atoms. The second kappa shape index (κ2) is 6.55. The van der Waals surface area contributed by atoms with Crippen molar-refractivity contribution in [1.29, 1.82) is 0 Å². The normalized spacial score (nSPS) is 10.3. The van der Waals surface area contributed by atoms with Gasteiger partial charge < -0.3 is 9.47 Å². The van der Waals surface area contributed by atoms with Gasteiger partial charge in [0.15, 0.2) is 10.3 Å². The molecule has 2 heterocycles. The molecule has 0 unspecified atom stereocenters. The van der Waals surface area contributed by atoms with E-state index in [4.69, 9.17) is 32.7 Å². The lowest BCUT2D eigenvalue weighted by Crippen LogP contribution is -1.92. The molecule has 6 nitrogen and oxygen atoms in total. The molecule has 2 aromatic heterocycles. The van der Waals surface area contributed by atoms with Crippen LogP contribution in [0.1, 0.15) is 0 Å². The third-order valence-electron chi connectivity index (χ3n) is 2.50. The molecule has 0 amide bonds. The fourth-order valence-corrected chi connectivity index (χ4v) is 1.84. The average Bonchev–Trinajstić information content (AvgIpc) is 2.54. The fourth-order valence-electron chi connectivity index (χ4n) is 1.55. The first-order valence-electron chi connectivity index (χ1n) is 6.11. The first-order chi connectivity index (χ1) is 10.7. The Morgan fingerprint density at radius 1 is 0.591 bits per heavy atom. The molecule has 0 saturated carbocycles. The second-order valence-corrected chi connectivity index (χ2v) is 4.70. The summed E-state index contributed by atoms with van der Waals surface area (Å²) in [5.74, 6) is 1.55. The smallest absolute Gasteiger partial charge is 0.257 e. The molecule has 0 bridgehead atoms. The Labute approximate surface area is 135 Å². The Balaban J connectivity index is 1.73. The molecule has 3 aromatic rings. The van der Waals surface area contributed by atoms with Crippen LogP contribution in [0.15, 0.2) is 49.1 Å². The molecule has 1 aromatic carbocycles. The maximum atomic E-state index is 5.88. The van der Waals surface area contributed by atoms with E-state index in [-0.39, 0.29) is 22.1 Å². The minimum atomic E-state index is 0.189. The summed E-state index contributed by atoms with van der Waals surface area (Å²) in [4.78, 5) is 15.7. The Morgan fingerprint density at radius 3 is 1.32 bits per heavy atom. The van der Waals surface area contributed by atoms with Crippen molar-refractivity contribution in [2.45, 2.75) is 0 Å². The fraction of sp³-hybridized carbons (Fsp3) is 0. The van der Waals surface area contributed by atoms with Gasteiger partial charge in [0, 0.05) is 24.8 Å². The summed E-state index contributed by atoms with van der Waals surface area (Å²) < 4.78 is 11.0. The summed E-state index contributed by atoms with van der Waals surface area (Å²) in [7, 11) is 0. The third kappa shape index (κ3) is 3.41. The molecule has 8 heteroatoms. The summed E-state index contributed by atoms with van der Waals surface area (Å²) in [6.45, 7) is 0. The molecule has 0 atom stereocenters. The van der Waals surface area contributed by atoms with Crippen molar-refractivity contribution in [1.82, 2.24) is 19.9 Å². The number of rotatable bonds is 4. The SMILES string of the molecule is Clc1nccnc1Oc1ccc(Oc2nccnc2Cl)cc1. The lowest BCUT2D eigenvalue weighted by atomic mass is 10.3. The molecule has 0 spiro atoms. The zero-order chi connectivity index (χ0) is 15.4. The summed E-state index contributed by atoms with van der Waals surface area (Å²) in [6, 6.07) is 6.80. The van der Waals surface area contributed by atoms with E-state index in [1.807, 2.05) is 0 Å². The highest BCUT2D eigenvalue weighted by Crippen LogP contribution is 2.29. The van der Waals surface area contributed by atoms with Crippen molar-refractivity contribution in [3.63, 3.8) is 0 Å². The van der Waals surface area contributed by atoms with Gasteiger partial charge in [-0.2, -0.15) is 0 Å². The minimum absolute atomic E-state index is 0.189. The van der Waals surface area contributed by atoms with Crippen molar-refractivity contribution < 1.29 is 9.47 Å². The van der Waals surface area contributed by atoms with Crippen LogP contribution in [0.25, 0.3) is 0 Å². The Bertz CT molecular complexity index is 717. The van der Waals surface area contributed by atoms with Gasteiger partial charge in [0.2, 0.25) is 0 Å². The Morgan fingerprint density at radius 2 is 0.955 bits per heavy atom. The van der Waals surface area contributed by atoms with Crippen LogP contribution in [0.3, 0.4) is 0 Å². The summed E-state index contributed by atoms with van der Waals surface area (Å²) in [5, 5.41) is 0.378. The van der Waals surface area contributed by atoms with E-state index in [2.05, 4.69) is 19.9 Å². The number of hydrogen-bond donors (Lipinski definition) is 0. The van der Waals surface area contributed by atoms with Gasteiger partial charge >= 0.3 is 0 Å². The number of benzene rings is 1. The van der Waals surface area contributed by atoms with E-state index < -0.39 is 0 Å². The lowest BCUT2D eigenvalue weighted by Gasteiger charge is -2.07. The standard InChI is InChI=1S/C14H8Cl2N4O2/c15-11-13(19-7-5-17-11)21-9-1-2-10(4-3-9)22-14-12(16)18-6-8-20-14/h1-8H. The molecule has 0 fully saturated rings. The predicted molar refractivity (Wildman–Crippen MR) is 80.7 cm³/mol. The zero-order valence-corrected chi connectivity index (χ0v) is 12.5. The van der Waals surface area contributed by atoms with Gasteiger partial charge in [-0.05, 0) is 24.3 Å². The van der Waals surface area contributed by atoms with Crippen LogP contribution >= 0.6 is 23.2 Å². The number of ether oxygens (including phenoxy) is 2. The summed E-state index contributed by atoms with van der Waals surface area (Å²) in [5.41, 5.74) is 0. The number of nitrogens with zero attached hydrogens (tertiary/aromatic N) is 4. The van der Waals surface area contributed by atoms with Gasteiger partial charge in [-0.3, -0.25) is 0 Å². The van der Waals surface area contributed by atoms with Gasteiger partial charge in [0.25, 0.3) is 11.8 Å². The van der Waals surface area contributed by atoms with Crippen molar-refractivity contribution in [2.24, 2.45) is 0 Å². The van der Waals surface area contributed by atoms with Crippen molar-refractivity contribution in [2.75, 3.05) is 0 Å². The van der Waals surface area contributed by atoms with Gasteiger partial charge in [-0.25, -0.2) is 19.9 Å².